The van der Waals surface area contributed by atoms with Gasteiger partial charge in [-0.05, 0) is 14.0 Å². The molecule has 1 aliphatic heterocycles. The quantitative estimate of drug-likeness (QED) is 0.674. The number of sulfonamides is 1. The third kappa shape index (κ3) is 4.65. The van der Waals surface area contributed by atoms with Crippen molar-refractivity contribution in [3.8, 4) is 0 Å². The van der Waals surface area contributed by atoms with Gasteiger partial charge in [0.15, 0.2) is 0 Å². The summed E-state index contributed by atoms with van der Waals surface area (Å²) in [6.45, 7) is 3.82. The second kappa shape index (κ2) is 6.39. The standard InChI is InChI=1S/C8H17N3O3S.ClH/c1-7-5-11(4-3-10-7)8(12)6-15(13,14)9-2;/h7,9-10H,3-6H2,1-2H3;1H/t7-;/m0./s1. The summed E-state index contributed by atoms with van der Waals surface area (Å²) >= 11 is 0. The van der Waals surface area contributed by atoms with E-state index in [0.717, 1.165) is 0 Å². The van der Waals surface area contributed by atoms with Crippen molar-refractivity contribution in [2.45, 2.75) is 13.0 Å². The van der Waals surface area contributed by atoms with E-state index in [0.29, 0.717) is 19.6 Å². The summed E-state index contributed by atoms with van der Waals surface area (Å²) in [4.78, 5) is 13.2. The number of carbonyl (C=O) groups excluding carboxylic acids is 1. The Morgan fingerprint density at radius 2 is 2.19 bits per heavy atom. The van der Waals surface area contributed by atoms with Crippen LogP contribution in [0.3, 0.4) is 0 Å². The highest BCUT2D eigenvalue weighted by Gasteiger charge is 2.24. The summed E-state index contributed by atoms with van der Waals surface area (Å²) in [6, 6.07) is 0.222. The number of rotatable bonds is 3. The minimum absolute atomic E-state index is 0. The van der Waals surface area contributed by atoms with Gasteiger partial charge in [-0.1, -0.05) is 0 Å². The van der Waals surface area contributed by atoms with E-state index in [-0.39, 0.29) is 24.4 Å². The van der Waals surface area contributed by atoms with Gasteiger partial charge in [0, 0.05) is 25.7 Å². The average Bonchev–Trinajstić information content (AvgIpc) is 2.17. The van der Waals surface area contributed by atoms with Crippen LogP contribution in [0.1, 0.15) is 6.92 Å². The highest BCUT2D eigenvalue weighted by molar-refractivity contribution is 7.90. The van der Waals surface area contributed by atoms with Crippen LogP contribution < -0.4 is 10.0 Å². The number of hydrogen-bond donors (Lipinski definition) is 2. The summed E-state index contributed by atoms with van der Waals surface area (Å²) < 4.78 is 24.5. The molecule has 0 spiro atoms. The van der Waals surface area contributed by atoms with Crippen LogP contribution in [0.2, 0.25) is 0 Å². The first-order valence-corrected chi connectivity index (χ1v) is 6.52. The predicted octanol–water partition coefficient (Wildman–Crippen LogP) is -1.22. The van der Waals surface area contributed by atoms with Crippen LogP contribution in [0.15, 0.2) is 0 Å². The van der Waals surface area contributed by atoms with Crippen LogP contribution in [-0.2, 0) is 14.8 Å². The van der Waals surface area contributed by atoms with Gasteiger partial charge in [-0.15, -0.1) is 12.4 Å². The molecular weight excluding hydrogens is 254 g/mol. The molecule has 1 fully saturated rings. The third-order valence-electron chi connectivity index (χ3n) is 2.35. The molecule has 0 aromatic carbocycles. The van der Waals surface area contributed by atoms with Gasteiger partial charge < -0.3 is 10.2 Å². The van der Waals surface area contributed by atoms with E-state index < -0.39 is 15.8 Å². The maximum atomic E-state index is 11.6. The molecule has 16 heavy (non-hydrogen) atoms. The van der Waals surface area contributed by atoms with E-state index in [1.165, 1.54) is 7.05 Å². The van der Waals surface area contributed by atoms with Gasteiger partial charge in [-0.3, -0.25) is 4.79 Å². The van der Waals surface area contributed by atoms with Crippen molar-refractivity contribution in [2.75, 3.05) is 32.4 Å². The highest BCUT2D eigenvalue weighted by atomic mass is 35.5. The average molecular weight is 272 g/mol. The fourth-order valence-corrected chi connectivity index (χ4v) is 2.14. The van der Waals surface area contributed by atoms with Gasteiger partial charge in [0.1, 0.15) is 5.75 Å². The molecule has 1 atom stereocenters. The maximum Gasteiger partial charge on any atom is 0.239 e. The molecule has 0 aliphatic carbocycles. The van der Waals surface area contributed by atoms with Crippen molar-refractivity contribution in [1.29, 1.82) is 0 Å². The number of piperazine rings is 1. The van der Waals surface area contributed by atoms with Gasteiger partial charge in [-0.2, -0.15) is 0 Å². The molecule has 1 heterocycles. The first kappa shape index (κ1) is 15.6. The van der Waals surface area contributed by atoms with E-state index in [4.69, 9.17) is 0 Å². The zero-order chi connectivity index (χ0) is 11.5. The lowest BCUT2D eigenvalue weighted by molar-refractivity contribution is -0.129. The predicted molar refractivity (Wildman–Crippen MR) is 64.1 cm³/mol. The van der Waals surface area contributed by atoms with Crippen molar-refractivity contribution in [3.05, 3.63) is 0 Å². The monoisotopic (exact) mass is 271 g/mol. The minimum atomic E-state index is -3.45. The molecule has 0 bridgehead atoms. The Labute approximate surface area is 102 Å². The fourth-order valence-electron chi connectivity index (χ4n) is 1.48. The molecule has 1 aliphatic rings. The van der Waals surface area contributed by atoms with Crippen molar-refractivity contribution in [1.82, 2.24) is 14.9 Å². The molecule has 6 nitrogen and oxygen atoms in total. The Balaban J connectivity index is 0.00000225. The molecule has 0 aromatic rings. The van der Waals surface area contributed by atoms with E-state index in [9.17, 15) is 13.2 Å². The third-order valence-corrected chi connectivity index (χ3v) is 3.59. The SMILES string of the molecule is CNS(=O)(=O)CC(=O)N1CCN[C@@H](C)C1.Cl. The fraction of sp³-hybridized carbons (Fsp3) is 0.875. The summed E-state index contributed by atoms with van der Waals surface area (Å²) in [5.41, 5.74) is 0. The Kier molecular flexibility index (Phi) is 6.24. The number of amides is 1. The van der Waals surface area contributed by atoms with Gasteiger partial charge in [0.2, 0.25) is 15.9 Å². The summed E-state index contributed by atoms with van der Waals surface area (Å²) in [6.07, 6.45) is 0. The topological polar surface area (TPSA) is 78.5 Å². The van der Waals surface area contributed by atoms with Crippen LogP contribution in [0.25, 0.3) is 0 Å². The molecule has 96 valence electrons. The molecule has 0 unspecified atom stereocenters. The molecular formula is C8H18ClN3O3S. The second-order valence-corrected chi connectivity index (χ2v) is 5.58. The van der Waals surface area contributed by atoms with E-state index >= 15 is 0 Å². The van der Waals surface area contributed by atoms with Gasteiger partial charge >= 0.3 is 0 Å². The Bertz CT molecular complexity index is 333. The van der Waals surface area contributed by atoms with Crippen molar-refractivity contribution < 1.29 is 13.2 Å². The van der Waals surface area contributed by atoms with Crippen LogP contribution in [0.5, 0.6) is 0 Å². The van der Waals surface area contributed by atoms with Crippen molar-refractivity contribution in [2.24, 2.45) is 0 Å². The zero-order valence-corrected chi connectivity index (χ0v) is 11.0. The van der Waals surface area contributed by atoms with Gasteiger partial charge in [0.05, 0.1) is 0 Å². The first-order chi connectivity index (χ1) is 6.94. The Morgan fingerprint density at radius 1 is 1.56 bits per heavy atom. The zero-order valence-electron chi connectivity index (χ0n) is 9.39. The largest absolute Gasteiger partial charge is 0.339 e. The summed E-state index contributed by atoms with van der Waals surface area (Å²) in [7, 11) is -2.14. The molecule has 0 saturated carbocycles. The molecule has 0 radical (unpaired) electrons. The maximum absolute atomic E-state index is 11.6. The summed E-state index contributed by atoms with van der Waals surface area (Å²) in [5, 5.41) is 3.18. The smallest absolute Gasteiger partial charge is 0.239 e. The van der Waals surface area contributed by atoms with E-state index in [2.05, 4.69) is 10.0 Å². The molecule has 8 heteroatoms. The van der Waals surface area contributed by atoms with Crippen LogP contribution >= 0.6 is 12.4 Å². The van der Waals surface area contributed by atoms with Gasteiger partial charge in [0.25, 0.3) is 0 Å². The number of carbonyl (C=O) groups is 1. The van der Waals surface area contributed by atoms with Gasteiger partial charge in [-0.25, -0.2) is 13.1 Å². The molecule has 1 rings (SSSR count). The lowest BCUT2D eigenvalue weighted by atomic mass is 10.2. The number of halogens is 1. The Hall–Kier alpha value is -0.370. The van der Waals surface area contributed by atoms with Crippen molar-refractivity contribution in [3.63, 3.8) is 0 Å². The second-order valence-electron chi connectivity index (χ2n) is 3.66. The highest BCUT2D eigenvalue weighted by Crippen LogP contribution is 2.00. The number of hydrogen-bond acceptors (Lipinski definition) is 4. The lowest BCUT2D eigenvalue weighted by Crippen LogP contribution is -2.53. The lowest BCUT2D eigenvalue weighted by Gasteiger charge is -2.31. The number of nitrogens with one attached hydrogen (secondary N) is 2. The molecule has 2 N–H and O–H groups in total. The molecule has 0 aromatic heterocycles. The number of nitrogens with zero attached hydrogens (tertiary/aromatic N) is 1. The molecule has 1 amide bonds. The Morgan fingerprint density at radius 3 is 2.69 bits per heavy atom. The minimum Gasteiger partial charge on any atom is -0.339 e. The van der Waals surface area contributed by atoms with Crippen LogP contribution in [0.4, 0.5) is 0 Å². The van der Waals surface area contributed by atoms with E-state index in [1.54, 1.807) is 4.90 Å². The first-order valence-electron chi connectivity index (χ1n) is 4.87. The normalized spacial score (nSPS) is 21.4. The van der Waals surface area contributed by atoms with Crippen LogP contribution in [-0.4, -0.2) is 57.7 Å². The molecule has 1 saturated heterocycles. The van der Waals surface area contributed by atoms with E-state index in [1.807, 2.05) is 6.92 Å². The summed E-state index contributed by atoms with van der Waals surface area (Å²) in [5.74, 6) is -0.798. The van der Waals surface area contributed by atoms with Crippen LogP contribution in [0, 0.1) is 0 Å². The van der Waals surface area contributed by atoms with Crippen molar-refractivity contribution >= 4 is 28.3 Å².